The van der Waals surface area contributed by atoms with Gasteiger partial charge in [0, 0.05) is 24.8 Å². The van der Waals surface area contributed by atoms with E-state index in [0.717, 1.165) is 24.5 Å². The second kappa shape index (κ2) is 4.41. The molecule has 1 saturated carbocycles. The molecular weight excluding hydrogens is 224 g/mol. The van der Waals surface area contributed by atoms with Crippen molar-refractivity contribution in [3.05, 3.63) is 11.8 Å². The highest BCUT2D eigenvalue weighted by Crippen LogP contribution is 2.46. The minimum absolute atomic E-state index is 0.386. The van der Waals surface area contributed by atoms with E-state index in [4.69, 9.17) is 5.73 Å². The van der Waals surface area contributed by atoms with Gasteiger partial charge in [0.1, 0.15) is 5.82 Å². The largest absolute Gasteiger partial charge is 0.368 e. The lowest BCUT2D eigenvalue weighted by molar-refractivity contribution is 0.226. The van der Waals surface area contributed by atoms with Crippen LogP contribution in [-0.4, -0.2) is 23.1 Å². The molecule has 0 aromatic carbocycles. The van der Waals surface area contributed by atoms with Crippen LogP contribution in [-0.2, 0) is 0 Å². The van der Waals surface area contributed by atoms with Crippen molar-refractivity contribution >= 4 is 11.8 Å². The van der Waals surface area contributed by atoms with Crippen LogP contribution < -0.4 is 10.6 Å². The summed E-state index contributed by atoms with van der Waals surface area (Å²) in [5.41, 5.74) is 7.49. The summed E-state index contributed by atoms with van der Waals surface area (Å²) in [4.78, 5) is 10.8. The lowest BCUT2D eigenvalue weighted by Crippen LogP contribution is -2.39. The second-order valence-electron chi connectivity index (χ2n) is 5.93. The number of hydrogen-bond acceptors (Lipinski definition) is 4. The highest BCUT2D eigenvalue weighted by atomic mass is 15.2. The van der Waals surface area contributed by atoms with Crippen LogP contribution in [0.4, 0.5) is 11.8 Å². The molecule has 0 amide bonds. The molecule has 1 spiro atoms. The Bertz CT molecular complexity index is 427. The van der Waals surface area contributed by atoms with Crippen LogP contribution in [0, 0.1) is 12.3 Å². The van der Waals surface area contributed by atoms with E-state index >= 15 is 0 Å². The van der Waals surface area contributed by atoms with Gasteiger partial charge in [0.15, 0.2) is 0 Å². The van der Waals surface area contributed by atoms with Crippen LogP contribution in [0.2, 0.25) is 0 Å². The maximum Gasteiger partial charge on any atom is 0.221 e. The van der Waals surface area contributed by atoms with Crippen molar-refractivity contribution in [3.8, 4) is 0 Å². The zero-order valence-corrected chi connectivity index (χ0v) is 11.2. The molecule has 4 nitrogen and oxygen atoms in total. The summed E-state index contributed by atoms with van der Waals surface area (Å²) in [5, 5.41) is 0. The molecule has 4 heteroatoms. The third kappa shape index (κ3) is 2.04. The van der Waals surface area contributed by atoms with Gasteiger partial charge < -0.3 is 10.6 Å². The molecule has 98 valence electrons. The highest BCUT2D eigenvalue weighted by Gasteiger charge is 2.37. The molecule has 18 heavy (non-hydrogen) atoms. The first-order valence-electron chi connectivity index (χ1n) is 7.03. The number of nitrogens with zero attached hydrogens (tertiary/aromatic N) is 3. The zero-order chi connectivity index (χ0) is 12.6. The van der Waals surface area contributed by atoms with Gasteiger partial charge in [-0.25, -0.2) is 4.98 Å². The molecule has 1 aromatic heterocycles. The molecule has 2 fully saturated rings. The minimum Gasteiger partial charge on any atom is -0.368 e. The number of piperidine rings is 1. The van der Waals surface area contributed by atoms with Crippen molar-refractivity contribution in [1.29, 1.82) is 0 Å². The second-order valence-corrected chi connectivity index (χ2v) is 5.93. The lowest BCUT2D eigenvalue weighted by Gasteiger charge is -2.40. The number of anilines is 2. The van der Waals surface area contributed by atoms with Crippen LogP contribution in [0.1, 0.15) is 44.1 Å². The molecule has 1 aromatic rings. The summed E-state index contributed by atoms with van der Waals surface area (Å²) in [6, 6.07) is 0. The maximum atomic E-state index is 5.70. The van der Waals surface area contributed by atoms with Crippen molar-refractivity contribution in [2.75, 3.05) is 23.7 Å². The Balaban J connectivity index is 1.74. The smallest absolute Gasteiger partial charge is 0.221 e. The number of nitrogens with two attached hydrogens (primary N) is 1. The van der Waals surface area contributed by atoms with Crippen LogP contribution in [0.5, 0.6) is 0 Å². The van der Waals surface area contributed by atoms with Gasteiger partial charge in [-0.1, -0.05) is 12.8 Å². The van der Waals surface area contributed by atoms with Gasteiger partial charge in [-0.15, -0.1) is 0 Å². The van der Waals surface area contributed by atoms with E-state index in [0.29, 0.717) is 11.4 Å². The molecule has 1 saturated heterocycles. The van der Waals surface area contributed by atoms with Gasteiger partial charge in [0.25, 0.3) is 0 Å². The highest BCUT2D eigenvalue weighted by molar-refractivity contribution is 5.48. The van der Waals surface area contributed by atoms with E-state index in [9.17, 15) is 0 Å². The van der Waals surface area contributed by atoms with Gasteiger partial charge in [0.05, 0.1) is 0 Å². The van der Waals surface area contributed by atoms with E-state index in [1.807, 2.05) is 6.20 Å². The molecule has 0 radical (unpaired) electrons. The standard InChI is InChI=1S/C14H22N4/c1-11-10-16-13(15)17-12(11)18-8-6-14(7-9-18)4-2-3-5-14/h10H,2-9H2,1H3,(H2,15,16,17). The van der Waals surface area contributed by atoms with Gasteiger partial charge >= 0.3 is 0 Å². The third-order valence-corrected chi connectivity index (χ3v) is 4.75. The monoisotopic (exact) mass is 246 g/mol. The molecule has 2 aliphatic rings. The Kier molecular flexibility index (Phi) is 2.88. The van der Waals surface area contributed by atoms with Gasteiger partial charge in [-0.2, -0.15) is 4.98 Å². The number of rotatable bonds is 1. The van der Waals surface area contributed by atoms with E-state index in [2.05, 4.69) is 21.8 Å². The molecule has 0 bridgehead atoms. The number of nitrogen functional groups attached to an aromatic ring is 1. The summed E-state index contributed by atoms with van der Waals surface area (Å²) in [5.74, 6) is 1.42. The first kappa shape index (κ1) is 11.8. The Labute approximate surface area is 109 Å². The quantitative estimate of drug-likeness (QED) is 0.827. The number of aryl methyl sites for hydroxylation is 1. The maximum absolute atomic E-state index is 5.70. The normalized spacial score (nSPS) is 22.6. The van der Waals surface area contributed by atoms with Gasteiger partial charge in [0.2, 0.25) is 5.95 Å². The summed E-state index contributed by atoms with van der Waals surface area (Å²) in [6.45, 7) is 4.31. The SMILES string of the molecule is Cc1cnc(N)nc1N1CCC2(CCCC2)CC1. The zero-order valence-electron chi connectivity index (χ0n) is 11.2. The average molecular weight is 246 g/mol. The average Bonchev–Trinajstić information content (AvgIpc) is 2.82. The molecule has 2 N–H and O–H groups in total. The van der Waals surface area contributed by atoms with Crippen LogP contribution >= 0.6 is 0 Å². The van der Waals surface area contributed by atoms with E-state index < -0.39 is 0 Å². The predicted octanol–water partition coefficient (Wildman–Crippen LogP) is 2.53. The Morgan fingerprint density at radius 2 is 1.83 bits per heavy atom. The van der Waals surface area contributed by atoms with Crippen molar-refractivity contribution < 1.29 is 0 Å². The molecule has 2 heterocycles. The Morgan fingerprint density at radius 1 is 1.17 bits per heavy atom. The summed E-state index contributed by atoms with van der Waals surface area (Å²) in [7, 11) is 0. The van der Waals surface area contributed by atoms with Crippen molar-refractivity contribution in [1.82, 2.24) is 9.97 Å². The lowest BCUT2D eigenvalue weighted by atomic mass is 9.77. The fourth-order valence-corrected chi connectivity index (χ4v) is 3.58. The topological polar surface area (TPSA) is 55.0 Å². The van der Waals surface area contributed by atoms with Crippen LogP contribution in [0.15, 0.2) is 6.20 Å². The first-order chi connectivity index (χ1) is 8.69. The van der Waals surface area contributed by atoms with E-state index in [-0.39, 0.29) is 0 Å². The third-order valence-electron chi connectivity index (χ3n) is 4.75. The van der Waals surface area contributed by atoms with E-state index in [1.165, 1.54) is 38.5 Å². The van der Waals surface area contributed by atoms with Crippen molar-refractivity contribution in [3.63, 3.8) is 0 Å². The number of aromatic nitrogens is 2. The van der Waals surface area contributed by atoms with Gasteiger partial charge in [-0.05, 0) is 38.0 Å². The predicted molar refractivity (Wildman–Crippen MR) is 73.5 cm³/mol. The fourth-order valence-electron chi connectivity index (χ4n) is 3.58. The van der Waals surface area contributed by atoms with E-state index in [1.54, 1.807) is 0 Å². The Hall–Kier alpha value is -1.32. The summed E-state index contributed by atoms with van der Waals surface area (Å²) >= 11 is 0. The molecule has 1 aliphatic heterocycles. The van der Waals surface area contributed by atoms with Crippen molar-refractivity contribution in [2.45, 2.75) is 45.4 Å². The first-order valence-corrected chi connectivity index (χ1v) is 7.03. The molecule has 0 atom stereocenters. The summed E-state index contributed by atoms with van der Waals surface area (Å²) < 4.78 is 0. The molecule has 0 unspecified atom stereocenters. The summed E-state index contributed by atoms with van der Waals surface area (Å²) in [6.07, 6.45) is 10.2. The fraction of sp³-hybridized carbons (Fsp3) is 0.714. The number of hydrogen-bond donors (Lipinski definition) is 1. The molecule has 3 rings (SSSR count). The van der Waals surface area contributed by atoms with Crippen LogP contribution in [0.25, 0.3) is 0 Å². The van der Waals surface area contributed by atoms with Crippen LogP contribution in [0.3, 0.4) is 0 Å². The Morgan fingerprint density at radius 3 is 2.50 bits per heavy atom. The minimum atomic E-state index is 0.386. The van der Waals surface area contributed by atoms with Gasteiger partial charge in [-0.3, -0.25) is 0 Å². The molecule has 1 aliphatic carbocycles. The van der Waals surface area contributed by atoms with Crippen molar-refractivity contribution in [2.24, 2.45) is 5.41 Å². The molecular formula is C14H22N4.